The quantitative estimate of drug-likeness (QED) is 0.232. The van der Waals surface area contributed by atoms with Gasteiger partial charge in [0.25, 0.3) is 0 Å². The molecule has 0 N–H and O–H groups in total. The van der Waals surface area contributed by atoms with E-state index >= 15 is 0 Å². The van der Waals surface area contributed by atoms with Gasteiger partial charge in [-0.25, -0.2) is 0 Å². The highest BCUT2D eigenvalue weighted by Gasteiger charge is 2.39. The van der Waals surface area contributed by atoms with Gasteiger partial charge in [0.1, 0.15) is 37.9 Å². The Morgan fingerprint density at radius 3 is 1.13 bits per heavy atom. The van der Waals surface area contributed by atoms with Crippen LogP contribution < -0.4 is 0 Å². The molecule has 0 aromatic rings. The van der Waals surface area contributed by atoms with E-state index in [1.807, 2.05) is 42.4 Å². The molecule has 0 aromatic heterocycles. The lowest BCUT2D eigenvalue weighted by Crippen LogP contribution is -2.43. The van der Waals surface area contributed by atoms with E-state index in [9.17, 15) is 14.4 Å². The van der Waals surface area contributed by atoms with Gasteiger partial charge < -0.3 is 14.2 Å². The molecular weight excluding hydrogens is 390 g/mol. The number of hydrogen-bond donors (Lipinski definition) is 0. The Morgan fingerprint density at radius 1 is 0.667 bits per heavy atom. The van der Waals surface area contributed by atoms with E-state index < -0.39 is 5.41 Å². The lowest BCUT2D eigenvalue weighted by atomic mass is 9.88. The van der Waals surface area contributed by atoms with Crippen LogP contribution in [0.25, 0.3) is 0 Å². The fourth-order valence-electron chi connectivity index (χ4n) is 3.25. The first-order chi connectivity index (χ1) is 14.3. The van der Waals surface area contributed by atoms with Crippen molar-refractivity contribution in [2.75, 3.05) is 59.1 Å². The lowest BCUT2D eigenvalue weighted by Gasteiger charge is -2.32. The maximum absolute atomic E-state index is 12.4. The molecule has 0 saturated carbocycles. The van der Waals surface area contributed by atoms with E-state index in [1.54, 1.807) is 0 Å². The first-order valence-electron chi connectivity index (χ1n) is 11.0. The van der Waals surface area contributed by atoms with Gasteiger partial charge in [-0.15, -0.1) is 0 Å². The molecule has 0 spiro atoms. The first kappa shape index (κ1) is 23.0. The fourth-order valence-corrected chi connectivity index (χ4v) is 3.25. The largest absolute Gasteiger partial charge is 0.464 e. The van der Waals surface area contributed by atoms with Crippen LogP contribution in [0, 0.1) is 5.41 Å². The number of rotatable bonds is 13. The van der Waals surface area contributed by atoms with Crippen molar-refractivity contribution < 1.29 is 28.6 Å². The van der Waals surface area contributed by atoms with Crippen LogP contribution in [-0.4, -0.2) is 110 Å². The number of carbonyl (C=O) groups is 3. The first-order valence-corrected chi connectivity index (χ1v) is 11.0. The summed E-state index contributed by atoms with van der Waals surface area (Å²) in [6, 6.07) is -0.889. The summed E-state index contributed by atoms with van der Waals surface area (Å²) in [4.78, 5) is 43.2. The van der Waals surface area contributed by atoms with Crippen molar-refractivity contribution in [1.29, 1.82) is 0 Å². The summed E-state index contributed by atoms with van der Waals surface area (Å²) in [6.45, 7) is 12.9. The maximum Gasteiger partial charge on any atom is 0.323 e. The molecule has 3 aliphatic heterocycles. The van der Waals surface area contributed by atoms with E-state index in [1.165, 1.54) is 0 Å². The van der Waals surface area contributed by atoms with Gasteiger partial charge in [-0.3, -0.25) is 29.1 Å². The van der Waals surface area contributed by atoms with Crippen molar-refractivity contribution in [1.82, 2.24) is 14.7 Å². The number of ether oxygens (including phenoxy) is 3. The van der Waals surface area contributed by atoms with Gasteiger partial charge in [-0.1, -0.05) is 6.92 Å². The van der Waals surface area contributed by atoms with E-state index in [0.717, 1.165) is 39.3 Å². The van der Waals surface area contributed by atoms with Crippen molar-refractivity contribution in [2.45, 2.75) is 52.2 Å². The topological polar surface area (TPSA) is 87.9 Å². The molecule has 0 amide bonds. The van der Waals surface area contributed by atoms with Crippen LogP contribution in [0.5, 0.6) is 0 Å². The van der Waals surface area contributed by atoms with Crippen LogP contribution in [0.15, 0.2) is 0 Å². The Kier molecular flexibility index (Phi) is 7.36. The van der Waals surface area contributed by atoms with E-state index in [0.29, 0.717) is 6.42 Å². The molecule has 30 heavy (non-hydrogen) atoms. The monoisotopic (exact) mass is 425 g/mol. The minimum absolute atomic E-state index is 0.0390. The molecule has 3 heterocycles. The summed E-state index contributed by atoms with van der Waals surface area (Å²) >= 11 is 0. The fraction of sp³-hybridized carbons (Fsp3) is 0.857. The average molecular weight is 426 g/mol. The molecule has 3 aliphatic rings. The predicted octanol–water partition coefficient (Wildman–Crippen LogP) is 0.125. The van der Waals surface area contributed by atoms with E-state index in [2.05, 4.69) is 0 Å². The third-order valence-corrected chi connectivity index (χ3v) is 6.42. The molecule has 9 heteroatoms. The summed E-state index contributed by atoms with van der Waals surface area (Å²) in [5.74, 6) is -0.923. The standard InChI is InChI=1S/C21H35N3O6/c1-5-21(12-28-18(25)15(2)22-6-7-22,13-29-19(26)16(3)23-8-9-23)14-30-20(27)17(4)24-10-11-24/h15-17H,5-14H2,1-4H3. The minimum atomic E-state index is -0.767. The zero-order chi connectivity index (χ0) is 21.9. The highest BCUT2D eigenvalue weighted by atomic mass is 16.6. The van der Waals surface area contributed by atoms with Gasteiger partial charge in [0.15, 0.2) is 0 Å². The van der Waals surface area contributed by atoms with Gasteiger partial charge in [0.05, 0.1) is 5.41 Å². The zero-order valence-corrected chi connectivity index (χ0v) is 18.6. The molecule has 0 aromatic carbocycles. The molecule has 0 aliphatic carbocycles. The van der Waals surface area contributed by atoms with E-state index in [4.69, 9.17) is 14.2 Å². The number of nitrogens with zero attached hydrogens (tertiary/aromatic N) is 3. The molecule has 3 fully saturated rings. The van der Waals surface area contributed by atoms with Gasteiger partial charge in [0.2, 0.25) is 0 Å². The smallest absolute Gasteiger partial charge is 0.323 e. The van der Waals surface area contributed by atoms with Gasteiger partial charge in [-0.05, 0) is 27.2 Å². The number of esters is 3. The molecule has 0 radical (unpaired) electrons. The molecule has 170 valence electrons. The molecule has 0 bridgehead atoms. The second-order valence-electron chi connectivity index (χ2n) is 8.81. The second-order valence-corrected chi connectivity index (χ2v) is 8.81. The Balaban J connectivity index is 1.58. The van der Waals surface area contributed by atoms with Crippen LogP contribution in [0.3, 0.4) is 0 Å². The van der Waals surface area contributed by atoms with Crippen molar-refractivity contribution >= 4 is 17.9 Å². The third-order valence-electron chi connectivity index (χ3n) is 6.42. The van der Waals surface area contributed by atoms with Crippen molar-refractivity contribution in [2.24, 2.45) is 5.41 Å². The molecule has 3 rings (SSSR count). The summed E-state index contributed by atoms with van der Waals surface area (Å²) < 4.78 is 16.7. The van der Waals surface area contributed by atoms with Crippen LogP contribution in [0.1, 0.15) is 34.1 Å². The maximum atomic E-state index is 12.4. The zero-order valence-electron chi connectivity index (χ0n) is 18.6. The molecule has 3 unspecified atom stereocenters. The molecular formula is C21H35N3O6. The van der Waals surface area contributed by atoms with Gasteiger partial charge >= 0.3 is 17.9 Å². The highest BCUT2D eigenvalue weighted by Crippen LogP contribution is 2.26. The van der Waals surface area contributed by atoms with Crippen LogP contribution >= 0.6 is 0 Å². The Bertz CT molecular complexity index is 561. The average Bonchev–Trinajstić information content (AvgIpc) is 3.62. The lowest BCUT2D eigenvalue weighted by molar-refractivity contribution is -0.166. The summed E-state index contributed by atoms with van der Waals surface area (Å²) in [5, 5.41) is 0. The second kappa shape index (κ2) is 9.62. The Hall–Kier alpha value is -1.71. The Morgan fingerprint density at radius 2 is 0.933 bits per heavy atom. The van der Waals surface area contributed by atoms with Crippen molar-refractivity contribution in [3.05, 3.63) is 0 Å². The predicted molar refractivity (Wildman–Crippen MR) is 109 cm³/mol. The Labute approximate surface area is 178 Å². The van der Waals surface area contributed by atoms with Crippen molar-refractivity contribution in [3.8, 4) is 0 Å². The van der Waals surface area contributed by atoms with Crippen LogP contribution in [0.2, 0.25) is 0 Å². The molecule has 3 atom stereocenters. The summed E-state index contributed by atoms with van der Waals surface area (Å²) in [6.07, 6.45) is 0.537. The minimum Gasteiger partial charge on any atom is -0.464 e. The van der Waals surface area contributed by atoms with E-state index in [-0.39, 0.29) is 55.9 Å². The SMILES string of the molecule is CCC(COC(=O)C(C)N1CC1)(COC(=O)C(C)N1CC1)COC(=O)C(C)N1CC1. The number of hydrogen-bond acceptors (Lipinski definition) is 9. The summed E-state index contributed by atoms with van der Waals surface area (Å²) in [5.41, 5.74) is -0.767. The van der Waals surface area contributed by atoms with Gasteiger partial charge in [-0.2, -0.15) is 0 Å². The van der Waals surface area contributed by atoms with Gasteiger partial charge in [0, 0.05) is 39.3 Å². The van der Waals surface area contributed by atoms with Crippen molar-refractivity contribution in [3.63, 3.8) is 0 Å². The molecule has 3 saturated heterocycles. The van der Waals surface area contributed by atoms with Crippen LogP contribution in [-0.2, 0) is 28.6 Å². The normalized spacial score (nSPS) is 23.6. The highest BCUT2D eigenvalue weighted by molar-refractivity contribution is 5.77. The molecule has 9 nitrogen and oxygen atoms in total. The number of carbonyl (C=O) groups excluding carboxylic acids is 3. The van der Waals surface area contributed by atoms with Crippen LogP contribution in [0.4, 0.5) is 0 Å². The summed E-state index contributed by atoms with van der Waals surface area (Å²) in [7, 11) is 0. The third kappa shape index (κ3) is 6.15.